The second-order valence-corrected chi connectivity index (χ2v) is 3.16. The SMILES string of the molecule is NCc1ccc(F)c(C(F)(F)F)c1C(F)(F)F. The smallest absolute Gasteiger partial charge is 0.326 e. The Morgan fingerprint density at radius 3 is 1.71 bits per heavy atom. The zero-order valence-corrected chi connectivity index (χ0v) is 8.08. The van der Waals surface area contributed by atoms with Crippen molar-refractivity contribution in [3.63, 3.8) is 0 Å². The van der Waals surface area contributed by atoms with E-state index in [0.717, 1.165) is 0 Å². The minimum Gasteiger partial charge on any atom is -0.326 e. The molecule has 0 heterocycles. The molecule has 17 heavy (non-hydrogen) atoms. The summed E-state index contributed by atoms with van der Waals surface area (Å²) in [6, 6.07) is 0.910. The van der Waals surface area contributed by atoms with Crippen LogP contribution < -0.4 is 5.73 Å². The number of hydrogen-bond acceptors (Lipinski definition) is 1. The highest BCUT2D eigenvalue weighted by Crippen LogP contribution is 2.43. The molecule has 0 aliphatic rings. The van der Waals surface area contributed by atoms with E-state index < -0.39 is 41.4 Å². The van der Waals surface area contributed by atoms with E-state index in [9.17, 15) is 30.7 Å². The first-order chi connectivity index (χ1) is 7.59. The predicted octanol–water partition coefficient (Wildman–Crippen LogP) is 3.32. The van der Waals surface area contributed by atoms with E-state index >= 15 is 0 Å². The van der Waals surface area contributed by atoms with Gasteiger partial charge < -0.3 is 5.73 Å². The van der Waals surface area contributed by atoms with Crippen molar-refractivity contribution >= 4 is 0 Å². The van der Waals surface area contributed by atoms with Crippen LogP contribution in [0.3, 0.4) is 0 Å². The Hall–Kier alpha value is -1.31. The summed E-state index contributed by atoms with van der Waals surface area (Å²) in [4.78, 5) is 0. The molecule has 96 valence electrons. The zero-order chi connectivity index (χ0) is 13.4. The number of rotatable bonds is 1. The molecule has 0 amide bonds. The minimum absolute atomic E-state index is 0.320. The molecule has 1 nitrogen and oxygen atoms in total. The Bertz CT molecular complexity index is 419. The molecule has 0 spiro atoms. The van der Waals surface area contributed by atoms with Crippen molar-refractivity contribution in [1.82, 2.24) is 0 Å². The Balaban J connectivity index is 3.67. The maximum absolute atomic E-state index is 12.9. The normalized spacial score (nSPS) is 12.9. The standard InChI is InChI=1S/C9H6F7N/c10-5-2-1-4(3-17)6(8(11,12)13)7(5)9(14,15)16/h1-2H,3,17H2. The van der Waals surface area contributed by atoms with Gasteiger partial charge >= 0.3 is 12.4 Å². The Kier molecular flexibility index (Phi) is 3.37. The van der Waals surface area contributed by atoms with Gasteiger partial charge in [-0.15, -0.1) is 0 Å². The summed E-state index contributed by atoms with van der Waals surface area (Å²) in [7, 11) is 0. The maximum atomic E-state index is 12.9. The van der Waals surface area contributed by atoms with Crippen LogP contribution >= 0.6 is 0 Å². The van der Waals surface area contributed by atoms with Crippen LogP contribution in [0, 0.1) is 5.82 Å². The maximum Gasteiger partial charge on any atom is 0.419 e. The molecule has 8 heteroatoms. The molecule has 0 saturated heterocycles. The zero-order valence-electron chi connectivity index (χ0n) is 8.08. The van der Waals surface area contributed by atoms with Crippen LogP contribution in [-0.4, -0.2) is 0 Å². The molecule has 0 aliphatic heterocycles. The van der Waals surface area contributed by atoms with E-state index in [1.54, 1.807) is 0 Å². The fourth-order valence-corrected chi connectivity index (χ4v) is 1.39. The van der Waals surface area contributed by atoms with Crippen molar-refractivity contribution in [3.8, 4) is 0 Å². The highest BCUT2D eigenvalue weighted by molar-refractivity contribution is 5.40. The number of nitrogens with two attached hydrogens (primary N) is 1. The number of hydrogen-bond donors (Lipinski definition) is 1. The highest BCUT2D eigenvalue weighted by atomic mass is 19.4. The fourth-order valence-electron chi connectivity index (χ4n) is 1.39. The van der Waals surface area contributed by atoms with Crippen LogP contribution in [0.5, 0.6) is 0 Å². The Morgan fingerprint density at radius 2 is 1.35 bits per heavy atom. The molecule has 0 saturated carbocycles. The van der Waals surface area contributed by atoms with Crippen molar-refractivity contribution < 1.29 is 30.7 Å². The van der Waals surface area contributed by atoms with Gasteiger partial charge in [-0.1, -0.05) is 6.07 Å². The van der Waals surface area contributed by atoms with Gasteiger partial charge in [-0.2, -0.15) is 26.3 Å². The summed E-state index contributed by atoms with van der Waals surface area (Å²) < 4.78 is 87.5. The summed E-state index contributed by atoms with van der Waals surface area (Å²) in [6.07, 6.45) is -10.7. The van der Waals surface area contributed by atoms with E-state index in [2.05, 4.69) is 0 Å². The first-order valence-corrected chi connectivity index (χ1v) is 4.25. The lowest BCUT2D eigenvalue weighted by Crippen LogP contribution is -2.22. The molecule has 1 aromatic rings. The molecular weight excluding hydrogens is 255 g/mol. The largest absolute Gasteiger partial charge is 0.419 e. The third kappa shape index (κ3) is 2.68. The summed E-state index contributed by atoms with van der Waals surface area (Å²) in [5, 5.41) is 0. The van der Waals surface area contributed by atoms with Crippen LogP contribution in [0.4, 0.5) is 30.7 Å². The van der Waals surface area contributed by atoms with Crippen molar-refractivity contribution in [2.24, 2.45) is 5.73 Å². The van der Waals surface area contributed by atoms with E-state index in [4.69, 9.17) is 5.73 Å². The van der Waals surface area contributed by atoms with Gasteiger partial charge in [-0.25, -0.2) is 4.39 Å². The van der Waals surface area contributed by atoms with Gasteiger partial charge in [0.05, 0.1) is 5.56 Å². The summed E-state index contributed by atoms with van der Waals surface area (Å²) >= 11 is 0. The van der Waals surface area contributed by atoms with E-state index in [1.807, 2.05) is 0 Å². The first kappa shape index (κ1) is 13.8. The molecule has 2 N–H and O–H groups in total. The first-order valence-electron chi connectivity index (χ1n) is 4.25. The average Bonchev–Trinajstić information content (AvgIpc) is 2.13. The van der Waals surface area contributed by atoms with Crippen molar-refractivity contribution in [1.29, 1.82) is 0 Å². The quantitative estimate of drug-likeness (QED) is 0.771. The van der Waals surface area contributed by atoms with Crippen molar-refractivity contribution in [2.45, 2.75) is 18.9 Å². The Labute approximate surface area is 91.0 Å². The van der Waals surface area contributed by atoms with Gasteiger partial charge in [0.15, 0.2) is 0 Å². The van der Waals surface area contributed by atoms with E-state index in [0.29, 0.717) is 12.1 Å². The lowest BCUT2D eigenvalue weighted by molar-refractivity contribution is -0.164. The van der Waals surface area contributed by atoms with Crippen LogP contribution in [0.1, 0.15) is 16.7 Å². The predicted molar refractivity (Wildman–Crippen MR) is 44.3 cm³/mol. The summed E-state index contributed by atoms with van der Waals surface area (Å²) in [5.41, 5.74) is -0.268. The van der Waals surface area contributed by atoms with Gasteiger partial charge in [-0.05, 0) is 11.6 Å². The van der Waals surface area contributed by atoms with E-state index in [1.165, 1.54) is 0 Å². The summed E-state index contributed by atoms with van der Waals surface area (Å²) in [5.74, 6) is -1.97. The van der Waals surface area contributed by atoms with Crippen molar-refractivity contribution in [3.05, 3.63) is 34.6 Å². The number of alkyl halides is 6. The average molecular weight is 261 g/mol. The second kappa shape index (κ2) is 4.17. The van der Waals surface area contributed by atoms with Crippen LogP contribution in [0.2, 0.25) is 0 Å². The van der Waals surface area contributed by atoms with Crippen LogP contribution in [0.15, 0.2) is 12.1 Å². The van der Waals surface area contributed by atoms with Gasteiger partial charge in [0.1, 0.15) is 11.4 Å². The molecule has 1 rings (SSSR count). The number of benzene rings is 1. The van der Waals surface area contributed by atoms with Gasteiger partial charge in [-0.3, -0.25) is 0 Å². The molecule has 1 aromatic carbocycles. The number of halogens is 7. The van der Waals surface area contributed by atoms with Gasteiger partial charge in [0.25, 0.3) is 0 Å². The van der Waals surface area contributed by atoms with Crippen LogP contribution in [-0.2, 0) is 18.9 Å². The van der Waals surface area contributed by atoms with Crippen LogP contribution in [0.25, 0.3) is 0 Å². The minimum atomic E-state index is -5.43. The Morgan fingerprint density at radius 1 is 0.882 bits per heavy atom. The lowest BCUT2D eigenvalue weighted by atomic mass is 9.99. The van der Waals surface area contributed by atoms with Gasteiger partial charge in [0.2, 0.25) is 0 Å². The fraction of sp³-hybridized carbons (Fsp3) is 0.333. The van der Waals surface area contributed by atoms with Crippen molar-refractivity contribution in [2.75, 3.05) is 0 Å². The molecule has 0 aromatic heterocycles. The second-order valence-electron chi connectivity index (χ2n) is 3.16. The molecule has 0 aliphatic carbocycles. The highest BCUT2D eigenvalue weighted by Gasteiger charge is 2.46. The lowest BCUT2D eigenvalue weighted by Gasteiger charge is -2.19. The molecule has 0 radical (unpaired) electrons. The van der Waals surface area contributed by atoms with Gasteiger partial charge in [0, 0.05) is 6.54 Å². The third-order valence-electron chi connectivity index (χ3n) is 2.03. The molecule has 0 fully saturated rings. The molecular formula is C9H6F7N. The monoisotopic (exact) mass is 261 g/mol. The topological polar surface area (TPSA) is 26.0 Å². The molecule has 0 bridgehead atoms. The molecule has 0 unspecified atom stereocenters. The third-order valence-corrected chi connectivity index (χ3v) is 2.03. The van der Waals surface area contributed by atoms with E-state index in [-0.39, 0.29) is 0 Å². The summed E-state index contributed by atoms with van der Waals surface area (Å²) in [6.45, 7) is -0.766. The molecule has 0 atom stereocenters.